The van der Waals surface area contributed by atoms with E-state index in [1.54, 1.807) is 17.7 Å². The van der Waals surface area contributed by atoms with Crippen molar-refractivity contribution < 1.29 is 4.74 Å². The third-order valence-electron chi connectivity index (χ3n) is 6.09. The van der Waals surface area contributed by atoms with Gasteiger partial charge in [0.1, 0.15) is 22.8 Å². The topological polar surface area (TPSA) is 72.2 Å². The van der Waals surface area contributed by atoms with Gasteiger partial charge >= 0.3 is 0 Å². The van der Waals surface area contributed by atoms with Crippen LogP contribution in [-0.4, -0.2) is 62.5 Å². The Bertz CT molecular complexity index is 1020. The summed E-state index contributed by atoms with van der Waals surface area (Å²) in [5, 5.41) is 9.72. The van der Waals surface area contributed by atoms with Crippen LogP contribution in [0.25, 0.3) is 10.2 Å². The number of rotatable bonds is 4. The van der Waals surface area contributed by atoms with Crippen LogP contribution in [0.2, 0.25) is 0 Å². The van der Waals surface area contributed by atoms with Crippen LogP contribution in [0, 0.1) is 13.8 Å². The smallest absolute Gasteiger partial charge is 0.155 e. The van der Waals surface area contributed by atoms with Gasteiger partial charge in [0.05, 0.1) is 31.2 Å². The van der Waals surface area contributed by atoms with E-state index >= 15 is 0 Å². The minimum atomic E-state index is 0.205. The summed E-state index contributed by atoms with van der Waals surface area (Å²) < 4.78 is 7.52. The molecule has 0 N–H and O–H groups in total. The summed E-state index contributed by atoms with van der Waals surface area (Å²) in [6.45, 7) is 9.56. The molecule has 2 fully saturated rings. The first kappa shape index (κ1) is 18.9. The molecule has 0 bridgehead atoms. The second-order valence-corrected chi connectivity index (χ2v) is 9.17. The molecule has 0 aromatic carbocycles. The maximum Gasteiger partial charge on any atom is 0.155 e. The van der Waals surface area contributed by atoms with Crippen molar-refractivity contribution in [3.8, 4) is 0 Å². The molecule has 1 atom stereocenters. The summed E-state index contributed by atoms with van der Waals surface area (Å²) in [7, 11) is 2.02. The van der Waals surface area contributed by atoms with Gasteiger partial charge in [-0.2, -0.15) is 0 Å². The SMILES string of the molecule is Cc1sc2nc(CN3CCOCC3)nc(N3CCCC3c3nncn3C)c2c1C. The van der Waals surface area contributed by atoms with E-state index in [0.717, 1.165) is 74.5 Å². The summed E-state index contributed by atoms with van der Waals surface area (Å²) in [6, 6.07) is 0.205. The number of aryl methyl sites for hydroxylation is 3. The van der Waals surface area contributed by atoms with E-state index in [1.165, 1.54) is 15.8 Å². The Morgan fingerprint density at radius 1 is 1.17 bits per heavy atom. The van der Waals surface area contributed by atoms with Gasteiger partial charge in [-0.05, 0) is 32.3 Å². The van der Waals surface area contributed by atoms with Gasteiger partial charge in [0.15, 0.2) is 5.82 Å². The van der Waals surface area contributed by atoms with Gasteiger partial charge in [-0.15, -0.1) is 21.5 Å². The summed E-state index contributed by atoms with van der Waals surface area (Å²) in [5.74, 6) is 2.97. The largest absolute Gasteiger partial charge is 0.379 e. The molecule has 8 nitrogen and oxygen atoms in total. The van der Waals surface area contributed by atoms with Crippen molar-refractivity contribution in [2.24, 2.45) is 7.05 Å². The van der Waals surface area contributed by atoms with E-state index in [9.17, 15) is 0 Å². The molecule has 2 aliphatic rings. The van der Waals surface area contributed by atoms with Gasteiger partial charge in [-0.3, -0.25) is 4.90 Å². The lowest BCUT2D eigenvalue weighted by atomic mass is 10.1. The maximum absolute atomic E-state index is 5.49. The number of fused-ring (bicyclic) bond motifs is 1. The molecule has 0 radical (unpaired) electrons. The van der Waals surface area contributed by atoms with E-state index in [-0.39, 0.29) is 6.04 Å². The van der Waals surface area contributed by atoms with Crippen molar-refractivity contribution in [3.63, 3.8) is 0 Å². The Morgan fingerprint density at radius 2 is 2.00 bits per heavy atom. The van der Waals surface area contributed by atoms with E-state index in [0.29, 0.717) is 0 Å². The molecule has 0 aliphatic carbocycles. The predicted octanol–water partition coefficient (Wildman–Crippen LogP) is 2.61. The van der Waals surface area contributed by atoms with Gasteiger partial charge in [0.2, 0.25) is 0 Å². The highest BCUT2D eigenvalue weighted by molar-refractivity contribution is 7.18. The van der Waals surface area contributed by atoms with E-state index in [1.807, 2.05) is 11.6 Å². The number of morpholine rings is 1. The molecule has 1 unspecified atom stereocenters. The number of hydrogen-bond donors (Lipinski definition) is 0. The highest BCUT2D eigenvalue weighted by atomic mass is 32.1. The summed E-state index contributed by atoms with van der Waals surface area (Å²) in [5.41, 5.74) is 1.29. The van der Waals surface area contributed by atoms with E-state index in [4.69, 9.17) is 14.7 Å². The minimum absolute atomic E-state index is 0.205. The van der Waals surface area contributed by atoms with Crippen molar-refractivity contribution in [3.05, 3.63) is 28.4 Å². The van der Waals surface area contributed by atoms with Crippen LogP contribution in [0.15, 0.2) is 6.33 Å². The van der Waals surface area contributed by atoms with Gasteiger partial charge in [0.25, 0.3) is 0 Å². The molecule has 2 saturated heterocycles. The molecule has 29 heavy (non-hydrogen) atoms. The van der Waals surface area contributed by atoms with Crippen molar-refractivity contribution in [1.82, 2.24) is 29.6 Å². The van der Waals surface area contributed by atoms with Crippen molar-refractivity contribution in [2.75, 3.05) is 37.7 Å². The molecule has 9 heteroatoms. The number of anilines is 1. The van der Waals surface area contributed by atoms with Crippen molar-refractivity contribution >= 4 is 27.4 Å². The summed E-state index contributed by atoms with van der Waals surface area (Å²) in [6.07, 6.45) is 3.98. The number of hydrogen-bond acceptors (Lipinski definition) is 8. The minimum Gasteiger partial charge on any atom is -0.379 e. The van der Waals surface area contributed by atoms with Gasteiger partial charge in [-0.1, -0.05) is 0 Å². The molecular formula is C20H27N7OS. The fourth-order valence-corrected chi connectivity index (χ4v) is 5.43. The molecule has 0 spiro atoms. The molecular weight excluding hydrogens is 386 g/mol. The molecule has 0 amide bonds. The molecule has 3 aromatic heterocycles. The maximum atomic E-state index is 5.49. The number of thiophene rings is 1. The van der Waals surface area contributed by atoms with Gasteiger partial charge in [-0.25, -0.2) is 9.97 Å². The number of nitrogens with zero attached hydrogens (tertiary/aromatic N) is 7. The lowest BCUT2D eigenvalue weighted by Crippen LogP contribution is -2.36. The normalized spacial score (nSPS) is 20.8. The van der Waals surface area contributed by atoms with Crippen molar-refractivity contribution in [2.45, 2.75) is 39.3 Å². The highest BCUT2D eigenvalue weighted by Gasteiger charge is 2.33. The van der Waals surface area contributed by atoms with Crippen LogP contribution in [0.3, 0.4) is 0 Å². The summed E-state index contributed by atoms with van der Waals surface area (Å²) in [4.78, 5) is 17.3. The first-order chi connectivity index (χ1) is 14.1. The molecule has 154 valence electrons. The fraction of sp³-hybridized carbons (Fsp3) is 0.600. The summed E-state index contributed by atoms with van der Waals surface area (Å²) >= 11 is 1.78. The third kappa shape index (κ3) is 3.41. The molecule has 5 heterocycles. The zero-order valence-corrected chi connectivity index (χ0v) is 18.1. The monoisotopic (exact) mass is 413 g/mol. The van der Waals surface area contributed by atoms with Gasteiger partial charge < -0.3 is 14.2 Å². The Labute approximate surface area is 174 Å². The standard InChI is InChI=1S/C20H27N7OS/c1-13-14(2)29-20-17(13)19(22-16(23-20)11-26-7-9-28-10-8-26)27-6-4-5-15(27)18-24-21-12-25(18)3/h12,15H,4-11H2,1-3H3. The zero-order valence-electron chi connectivity index (χ0n) is 17.3. The van der Waals surface area contributed by atoms with Crippen LogP contribution in [0.5, 0.6) is 0 Å². The molecule has 0 saturated carbocycles. The van der Waals surface area contributed by atoms with Crippen molar-refractivity contribution in [1.29, 1.82) is 0 Å². The Kier molecular flexibility index (Phi) is 4.97. The molecule has 2 aliphatic heterocycles. The van der Waals surface area contributed by atoms with E-state index < -0.39 is 0 Å². The highest BCUT2D eigenvalue weighted by Crippen LogP contribution is 2.41. The molecule has 5 rings (SSSR count). The Morgan fingerprint density at radius 3 is 2.76 bits per heavy atom. The second-order valence-electron chi connectivity index (χ2n) is 7.97. The van der Waals surface area contributed by atoms with Gasteiger partial charge in [0, 0.05) is 31.6 Å². The van der Waals surface area contributed by atoms with Crippen LogP contribution >= 0.6 is 11.3 Å². The third-order valence-corrected chi connectivity index (χ3v) is 7.20. The first-order valence-electron chi connectivity index (χ1n) is 10.3. The van der Waals surface area contributed by atoms with Crippen LogP contribution in [0.1, 0.15) is 41.0 Å². The van der Waals surface area contributed by atoms with Crippen LogP contribution in [-0.2, 0) is 18.3 Å². The zero-order chi connectivity index (χ0) is 20.0. The average Bonchev–Trinajstić information content (AvgIpc) is 3.42. The number of aromatic nitrogens is 5. The van der Waals surface area contributed by atoms with Crippen LogP contribution < -0.4 is 4.90 Å². The quantitative estimate of drug-likeness (QED) is 0.651. The first-order valence-corrected chi connectivity index (χ1v) is 11.1. The van der Waals surface area contributed by atoms with Crippen LogP contribution in [0.4, 0.5) is 5.82 Å². The Hall–Kier alpha value is -2.10. The fourth-order valence-electron chi connectivity index (χ4n) is 4.39. The lowest BCUT2D eigenvalue weighted by Gasteiger charge is -2.28. The Balaban J connectivity index is 1.58. The van der Waals surface area contributed by atoms with E-state index in [2.05, 4.69) is 33.8 Å². The lowest BCUT2D eigenvalue weighted by molar-refractivity contribution is 0.0331. The second kappa shape index (κ2) is 7.62. The predicted molar refractivity (Wildman–Crippen MR) is 113 cm³/mol. The number of ether oxygens (including phenoxy) is 1. The average molecular weight is 414 g/mol. The molecule has 3 aromatic rings.